The number of piperidine rings is 1. The van der Waals surface area contributed by atoms with Crippen LogP contribution in [0.1, 0.15) is 57.2 Å². The Morgan fingerprint density at radius 2 is 1.92 bits per heavy atom. The van der Waals surface area contributed by atoms with Gasteiger partial charge in [-0.25, -0.2) is 14.4 Å². The Morgan fingerprint density at radius 1 is 1.10 bits per heavy atom. The Kier molecular flexibility index (Phi) is 8.73. The van der Waals surface area contributed by atoms with E-state index in [1.165, 1.54) is 6.92 Å². The van der Waals surface area contributed by atoms with Crippen molar-refractivity contribution in [2.75, 3.05) is 57.0 Å². The van der Waals surface area contributed by atoms with E-state index in [1.54, 1.807) is 0 Å². The zero-order chi connectivity index (χ0) is 33.8. The van der Waals surface area contributed by atoms with Gasteiger partial charge < -0.3 is 30.6 Å². The number of fused-ring (bicyclic) bond motifs is 5. The quantitative estimate of drug-likeness (QED) is 0.307. The van der Waals surface area contributed by atoms with Crippen LogP contribution in [0.2, 0.25) is 0 Å². The molecule has 1 aliphatic carbocycles. The first kappa shape index (κ1) is 33.0. The summed E-state index contributed by atoms with van der Waals surface area (Å²) in [6.45, 7) is 9.88. The second-order valence-corrected chi connectivity index (χ2v) is 14.0. The first-order chi connectivity index (χ1) is 22.9. The number of anilines is 2. The van der Waals surface area contributed by atoms with Crippen LogP contribution in [0.4, 0.5) is 29.2 Å². The van der Waals surface area contributed by atoms with E-state index in [9.17, 15) is 13.2 Å². The Hall–Kier alpha value is -3.56. The van der Waals surface area contributed by atoms with Crippen LogP contribution >= 0.6 is 0 Å². The average Bonchev–Trinajstić information content (AvgIpc) is 3.78. The van der Waals surface area contributed by atoms with Crippen LogP contribution in [-0.4, -0.2) is 89.0 Å². The molecule has 0 amide bonds. The van der Waals surface area contributed by atoms with Crippen molar-refractivity contribution in [1.29, 1.82) is 0 Å². The molecule has 1 saturated carbocycles. The summed E-state index contributed by atoms with van der Waals surface area (Å²) in [6.07, 6.45) is -0.546. The fourth-order valence-electron chi connectivity index (χ4n) is 7.35. The molecule has 4 atom stereocenters. The maximum atomic E-state index is 16.8. The number of alkyl halides is 3. The maximum absolute atomic E-state index is 16.8. The summed E-state index contributed by atoms with van der Waals surface area (Å²) in [4.78, 5) is 19.8. The maximum Gasteiger partial charge on any atom is 0.418 e. The van der Waals surface area contributed by atoms with Crippen molar-refractivity contribution in [2.45, 2.75) is 77.3 Å². The first-order valence-electron chi connectivity index (χ1n) is 16.7. The van der Waals surface area contributed by atoms with Gasteiger partial charge in [0.1, 0.15) is 28.2 Å². The minimum Gasteiger partial charge on any atom is -0.474 e. The summed E-state index contributed by atoms with van der Waals surface area (Å²) in [6, 6.07) is 1.06. The zero-order valence-corrected chi connectivity index (χ0v) is 27.4. The molecule has 4 N–H and O–H groups in total. The number of halogens is 4. The van der Waals surface area contributed by atoms with Crippen molar-refractivity contribution < 1.29 is 31.8 Å². The molecule has 3 aromatic rings. The van der Waals surface area contributed by atoms with Gasteiger partial charge in [0, 0.05) is 43.2 Å². The highest BCUT2D eigenvalue weighted by Crippen LogP contribution is 2.47. The molecule has 260 valence electrons. The normalized spacial score (nSPS) is 25.9. The van der Waals surface area contributed by atoms with Crippen LogP contribution in [0.3, 0.4) is 0 Å². The number of rotatable bonds is 6. The smallest absolute Gasteiger partial charge is 0.418 e. The lowest BCUT2D eigenvalue weighted by Crippen LogP contribution is -2.44. The summed E-state index contributed by atoms with van der Waals surface area (Å²) in [5, 5.41) is 7.05. The topological polar surface area (TPSA) is 133 Å². The van der Waals surface area contributed by atoms with Crippen molar-refractivity contribution >= 4 is 22.5 Å². The summed E-state index contributed by atoms with van der Waals surface area (Å²) >= 11 is 0. The van der Waals surface area contributed by atoms with Gasteiger partial charge in [-0.3, -0.25) is 4.90 Å². The van der Waals surface area contributed by atoms with E-state index < -0.39 is 34.5 Å². The van der Waals surface area contributed by atoms with Crippen molar-refractivity contribution in [3.05, 3.63) is 23.1 Å². The number of aryl methyl sites for hydroxylation is 1. The predicted octanol–water partition coefficient (Wildman–Crippen LogP) is 4.97. The summed E-state index contributed by atoms with van der Waals surface area (Å²) in [7, 11) is 0. The van der Waals surface area contributed by atoms with Gasteiger partial charge in [-0.05, 0) is 71.4 Å². The average molecular weight is 675 g/mol. The van der Waals surface area contributed by atoms with E-state index in [1.807, 2.05) is 6.92 Å². The Bertz CT molecular complexity index is 1680. The standard InChI is InChI=1S/C33H42F4N8O3/c1-17-10-20-4-5-21(39-12-20)13-40-29-24-28(43-31(44-29)47-16-32(6-7-32)15-45-8-9-46-18(2)14-45)26(34)27(42-30(24)48-17)22-11-23(38)41-19(3)25(22)33(35,36)37/h11,17-18,20-21,39H,4-10,12-16H2,1-3H3,(H2,38,41)(H,40,43,44)/t17-,18+,20?,21?/m0/s1. The van der Waals surface area contributed by atoms with E-state index in [0.29, 0.717) is 32.1 Å². The number of morpholine rings is 1. The lowest BCUT2D eigenvalue weighted by molar-refractivity contribution is -0.137. The number of hydrogen-bond donors (Lipinski definition) is 3. The van der Waals surface area contributed by atoms with Gasteiger partial charge in [0.25, 0.3) is 0 Å². The minimum absolute atomic E-state index is 0.0615. The lowest BCUT2D eigenvalue weighted by atomic mass is 9.90. The fourth-order valence-corrected chi connectivity index (χ4v) is 7.35. The molecule has 7 heterocycles. The first-order valence-corrected chi connectivity index (χ1v) is 16.7. The van der Waals surface area contributed by atoms with Crippen molar-refractivity contribution in [2.24, 2.45) is 11.3 Å². The number of pyridine rings is 2. The number of hydrogen-bond acceptors (Lipinski definition) is 11. The molecule has 2 bridgehead atoms. The minimum atomic E-state index is -4.86. The summed E-state index contributed by atoms with van der Waals surface area (Å²) < 4.78 is 78.3. The number of ether oxygens (including phenoxy) is 3. The van der Waals surface area contributed by atoms with Crippen LogP contribution < -0.4 is 25.8 Å². The molecule has 5 aliphatic rings. The Balaban J connectivity index is 1.33. The molecule has 15 heteroatoms. The van der Waals surface area contributed by atoms with Crippen LogP contribution in [-0.2, 0) is 10.9 Å². The second-order valence-electron chi connectivity index (χ2n) is 14.0. The molecule has 2 unspecified atom stereocenters. The molecule has 0 aromatic carbocycles. The van der Waals surface area contributed by atoms with E-state index in [4.69, 9.17) is 19.9 Å². The molecule has 0 spiro atoms. The molecular formula is C33H42F4N8O3. The van der Waals surface area contributed by atoms with Crippen LogP contribution in [0, 0.1) is 24.1 Å². The van der Waals surface area contributed by atoms with E-state index in [2.05, 4.69) is 42.4 Å². The van der Waals surface area contributed by atoms with Crippen LogP contribution in [0.25, 0.3) is 22.2 Å². The highest BCUT2D eigenvalue weighted by molar-refractivity contribution is 5.96. The predicted molar refractivity (Wildman–Crippen MR) is 171 cm³/mol. The van der Waals surface area contributed by atoms with Crippen LogP contribution in [0.15, 0.2) is 6.07 Å². The molecule has 8 rings (SSSR count). The largest absolute Gasteiger partial charge is 0.474 e. The molecule has 3 fully saturated rings. The van der Waals surface area contributed by atoms with E-state index in [0.717, 1.165) is 57.9 Å². The zero-order valence-electron chi connectivity index (χ0n) is 27.4. The fraction of sp³-hybridized carbons (Fsp3) is 0.636. The molecule has 3 aromatic heterocycles. The number of nitrogens with two attached hydrogens (primary N) is 1. The van der Waals surface area contributed by atoms with Gasteiger partial charge in [0.15, 0.2) is 5.82 Å². The van der Waals surface area contributed by atoms with Crippen molar-refractivity contribution in [3.8, 4) is 23.1 Å². The highest BCUT2D eigenvalue weighted by Gasteiger charge is 2.46. The molecule has 48 heavy (non-hydrogen) atoms. The number of nitrogens with one attached hydrogen (secondary N) is 2. The van der Waals surface area contributed by atoms with E-state index >= 15 is 4.39 Å². The highest BCUT2D eigenvalue weighted by atomic mass is 19.4. The number of nitrogen functional groups attached to an aromatic ring is 1. The molecule has 11 nitrogen and oxygen atoms in total. The number of aromatic nitrogens is 4. The van der Waals surface area contributed by atoms with Gasteiger partial charge in [0.2, 0.25) is 5.88 Å². The Morgan fingerprint density at radius 3 is 2.62 bits per heavy atom. The van der Waals surface area contributed by atoms with Gasteiger partial charge in [-0.2, -0.15) is 23.1 Å². The van der Waals surface area contributed by atoms with Crippen molar-refractivity contribution in [3.63, 3.8) is 0 Å². The van der Waals surface area contributed by atoms with Gasteiger partial charge in [0.05, 0.1) is 36.7 Å². The molecule has 2 saturated heterocycles. The van der Waals surface area contributed by atoms with Gasteiger partial charge in [-0.1, -0.05) is 0 Å². The van der Waals surface area contributed by atoms with E-state index in [-0.39, 0.29) is 58.1 Å². The second kappa shape index (κ2) is 12.7. The van der Waals surface area contributed by atoms with Crippen LogP contribution in [0.5, 0.6) is 11.9 Å². The van der Waals surface area contributed by atoms with Crippen molar-refractivity contribution in [1.82, 2.24) is 30.2 Å². The third-order valence-electron chi connectivity index (χ3n) is 9.95. The molecular weight excluding hydrogens is 632 g/mol. The third kappa shape index (κ3) is 6.81. The lowest BCUT2D eigenvalue weighted by Gasteiger charge is -2.33. The third-order valence-corrected chi connectivity index (χ3v) is 9.95. The molecule has 4 aliphatic heterocycles. The summed E-state index contributed by atoms with van der Waals surface area (Å²) in [5.74, 6) is -0.739. The molecule has 0 radical (unpaired) electrons. The SMILES string of the molecule is Cc1nc(N)cc(-c2nc3c4c(nc(OCC5(CN6CCO[C@H](C)C6)CC5)nc4c2F)NCC2CCC(CN2)C[C@H](C)O3)c1C(F)(F)F. The van der Waals surface area contributed by atoms with Gasteiger partial charge in [-0.15, -0.1) is 0 Å². The summed E-state index contributed by atoms with van der Waals surface area (Å²) in [5.41, 5.74) is 2.91. The Labute approximate surface area is 276 Å². The monoisotopic (exact) mass is 674 g/mol. The van der Waals surface area contributed by atoms with Gasteiger partial charge >= 0.3 is 12.2 Å². The number of nitrogens with zero attached hydrogens (tertiary/aromatic N) is 5.